The Kier molecular flexibility index (Phi) is 6.16. The lowest BCUT2D eigenvalue weighted by molar-refractivity contribution is 0.408. The third kappa shape index (κ3) is 3.97. The van der Waals surface area contributed by atoms with Crippen LogP contribution in [-0.4, -0.2) is 7.11 Å². The number of ether oxygens (including phenoxy) is 1. The molecule has 1 atom stereocenters. The number of benzene rings is 4. The van der Waals surface area contributed by atoms with Crippen molar-refractivity contribution in [2.75, 3.05) is 7.11 Å². The first kappa shape index (κ1) is 20.2. The van der Waals surface area contributed by atoms with Crippen molar-refractivity contribution >= 4 is 17.8 Å². The minimum absolute atomic E-state index is 0.249. The molecular weight excluding hydrogens is 387 g/mol. The molecule has 0 heterocycles. The van der Waals surface area contributed by atoms with Gasteiger partial charge in [0.2, 0.25) is 0 Å². The van der Waals surface area contributed by atoms with Gasteiger partial charge in [0.1, 0.15) is 5.75 Å². The highest BCUT2D eigenvalue weighted by Gasteiger charge is 2.39. The molecule has 1 unspecified atom stereocenters. The molecule has 0 radical (unpaired) electrons. The Labute approximate surface area is 178 Å². The van der Waals surface area contributed by atoms with Gasteiger partial charge in [-0.1, -0.05) is 109 Å². The molecule has 0 aromatic heterocycles. The Bertz CT molecular complexity index is 1080. The van der Waals surface area contributed by atoms with E-state index in [9.17, 15) is 0 Å². The van der Waals surface area contributed by atoms with Gasteiger partial charge in [-0.15, -0.1) is 0 Å². The summed E-state index contributed by atoms with van der Waals surface area (Å²) in [4.78, 5) is 0. The number of rotatable bonds is 7. The molecular formula is C27H25O2P. The van der Waals surface area contributed by atoms with Gasteiger partial charge in [0.25, 0.3) is 0 Å². The van der Waals surface area contributed by atoms with Gasteiger partial charge >= 0.3 is 0 Å². The highest BCUT2D eigenvalue weighted by Crippen LogP contribution is 2.59. The van der Waals surface area contributed by atoms with Crippen LogP contribution in [0, 0.1) is 0 Å². The van der Waals surface area contributed by atoms with Crippen molar-refractivity contribution in [2.45, 2.75) is 12.1 Å². The molecule has 2 nitrogen and oxygen atoms in total. The van der Waals surface area contributed by atoms with Gasteiger partial charge in [-0.3, -0.25) is 0 Å². The molecule has 30 heavy (non-hydrogen) atoms. The predicted octanol–water partition coefficient (Wildman–Crippen LogP) is 5.99. The van der Waals surface area contributed by atoms with Gasteiger partial charge in [0, 0.05) is 16.2 Å². The third-order valence-electron chi connectivity index (χ3n) is 5.49. The standard InChI is InChI=1S/C27H25O2P/c1-29-26-20-12-11-19-25(26)27(21-22-13-5-2-6-14-22)30(28,23-15-7-3-8-16-23)24-17-9-4-10-18-24/h2-20,27H,21H2,1H3. The Morgan fingerprint density at radius 2 is 1.13 bits per heavy atom. The first-order valence-electron chi connectivity index (χ1n) is 10.1. The summed E-state index contributed by atoms with van der Waals surface area (Å²) in [6.07, 6.45) is 0.655. The molecule has 0 aliphatic rings. The second kappa shape index (κ2) is 9.15. The molecule has 0 aliphatic carbocycles. The summed E-state index contributed by atoms with van der Waals surface area (Å²) < 4.78 is 20.8. The lowest BCUT2D eigenvalue weighted by Crippen LogP contribution is -2.23. The summed E-state index contributed by atoms with van der Waals surface area (Å²) in [5.41, 5.74) is 1.88. The zero-order valence-electron chi connectivity index (χ0n) is 17.0. The second-order valence-electron chi connectivity index (χ2n) is 7.28. The summed E-state index contributed by atoms with van der Waals surface area (Å²) >= 11 is 0. The van der Waals surface area contributed by atoms with E-state index in [0.717, 1.165) is 27.5 Å². The molecule has 150 valence electrons. The lowest BCUT2D eigenvalue weighted by atomic mass is 10.0. The zero-order chi connectivity index (χ0) is 20.8. The topological polar surface area (TPSA) is 26.3 Å². The van der Waals surface area contributed by atoms with Gasteiger partial charge < -0.3 is 9.30 Å². The van der Waals surface area contributed by atoms with Crippen molar-refractivity contribution in [3.8, 4) is 5.75 Å². The van der Waals surface area contributed by atoms with Gasteiger partial charge in [0.15, 0.2) is 7.14 Å². The number of methoxy groups -OCH3 is 1. The number of hydrogen-bond acceptors (Lipinski definition) is 2. The SMILES string of the molecule is COc1ccccc1C(Cc1ccccc1)P(=O)(c1ccccc1)c1ccccc1. The first-order valence-corrected chi connectivity index (χ1v) is 11.9. The summed E-state index contributed by atoms with van der Waals surface area (Å²) in [5, 5.41) is 1.73. The van der Waals surface area contributed by atoms with Crippen LogP contribution in [-0.2, 0) is 11.0 Å². The van der Waals surface area contributed by atoms with Crippen LogP contribution in [0.5, 0.6) is 5.75 Å². The van der Waals surface area contributed by atoms with Crippen LogP contribution >= 0.6 is 7.14 Å². The maximum Gasteiger partial charge on any atom is 0.150 e. The first-order chi connectivity index (χ1) is 14.7. The van der Waals surface area contributed by atoms with Crippen LogP contribution in [0.1, 0.15) is 16.8 Å². The summed E-state index contributed by atoms with van der Waals surface area (Å²) in [6.45, 7) is 0. The molecule has 0 amide bonds. The van der Waals surface area contributed by atoms with Crippen LogP contribution in [0.2, 0.25) is 0 Å². The van der Waals surface area contributed by atoms with Crippen molar-refractivity contribution in [1.29, 1.82) is 0 Å². The number of para-hydroxylation sites is 1. The molecule has 0 aliphatic heterocycles. The number of hydrogen-bond donors (Lipinski definition) is 0. The molecule has 0 saturated heterocycles. The average Bonchev–Trinajstić information content (AvgIpc) is 2.84. The summed E-state index contributed by atoms with van der Waals surface area (Å²) in [5.74, 6) is 0.769. The fourth-order valence-electron chi connectivity index (χ4n) is 4.02. The highest BCUT2D eigenvalue weighted by molar-refractivity contribution is 7.79. The lowest BCUT2D eigenvalue weighted by Gasteiger charge is -2.30. The maximum absolute atomic E-state index is 15.1. The highest BCUT2D eigenvalue weighted by atomic mass is 31.2. The van der Waals surface area contributed by atoms with E-state index in [1.807, 2.05) is 103 Å². The maximum atomic E-state index is 15.1. The van der Waals surface area contributed by atoms with Gasteiger partial charge in [0.05, 0.1) is 12.8 Å². The van der Waals surface area contributed by atoms with Crippen LogP contribution < -0.4 is 15.3 Å². The van der Waals surface area contributed by atoms with Crippen LogP contribution in [0.25, 0.3) is 0 Å². The molecule has 4 aromatic carbocycles. The average molecular weight is 412 g/mol. The Balaban J connectivity index is 1.97. The molecule has 0 bridgehead atoms. The van der Waals surface area contributed by atoms with E-state index in [1.165, 1.54) is 0 Å². The van der Waals surface area contributed by atoms with Gasteiger partial charge in [-0.05, 0) is 18.1 Å². The Morgan fingerprint density at radius 1 is 0.667 bits per heavy atom. The van der Waals surface area contributed by atoms with Crippen LogP contribution in [0.15, 0.2) is 115 Å². The molecule has 0 fully saturated rings. The monoisotopic (exact) mass is 412 g/mol. The van der Waals surface area contributed by atoms with E-state index < -0.39 is 7.14 Å². The molecule has 0 spiro atoms. The van der Waals surface area contributed by atoms with Crippen molar-refractivity contribution in [1.82, 2.24) is 0 Å². The Hall–Kier alpha value is -3.09. The molecule has 4 rings (SSSR count). The van der Waals surface area contributed by atoms with Crippen molar-refractivity contribution in [2.24, 2.45) is 0 Å². The predicted molar refractivity (Wildman–Crippen MR) is 126 cm³/mol. The fraction of sp³-hybridized carbons (Fsp3) is 0.111. The minimum atomic E-state index is -3.04. The summed E-state index contributed by atoms with van der Waals surface area (Å²) in [6, 6.07) is 38.0. The quantitative estimate of drug-likeness (QED) is 0.348. The van der Waals surface area contributed by atoms with Crippen LogP contribution in [0.3, 0.4) is 0 Å². The van der Waals surface area contributed by atoms with E-state index in [4.69, 9.17) is 4.74 Å². The van der Waals surface area contributed by atoms with E-state index in [2.05, 4.69) is 12.1 Å². The van der Waals surface area contributed by atoms with Crippen molar-refractivity contribution < 1.29 is 9.30 Å². The molecule has 0 saturated carbocycles. The normalized spacial score (nSPS) is 12.3. The van der Waals surface area contributed by atoms with Crippen molar-refractivity contribution in [3.05, 3.63) is 126 Å². The summed E-state index contributed by atoms with van der Waals surface area (Å²) in [7, 11) is -1.37. The largest absolute Gasteiger partial charge is 0.496 e. The fourth-order valence-corrected chi connectivity index (χ4v) is 7.34. The molecule has 0 N–H and O–H groups in total. The van der Waals surface area contributed by atoms with E-state index in [1.54, 1.807) is 7.11 Å². The smallest absolute Gasteiger partial charge is 0.150 e. The van der Waals surface area contributed by atoms with Gasteiger partial charge in [-0.25, -0.2) is 0 Å². The van der Waals surface area contributed by atoms with E-state index in [0.29, 0.717) is 6.42 Å². The third-order valence-corrected chi connectivity index (χ3v) is 8.96. The second-order valence-corrected chi connectivity index (χ2v) is 10.2. The molecule has 4 aromatic rings. The van der Waals surface area contributed by atoms with Crippen LogP contribution in [0.4, 0.5) is 0 Å². The Morgan fingerprint density at radius 3 is 1.67 bits per heavy atom. The van der Waals surface area contributed by atoms with E-state index in [-0.39, 0.29) is 5.66 Å². The minimum Gasteiger partial charge on any atom is -0.496 e. The van der Waals surface area contributed by atoms with Gasteiger partial charge in [-0.2, -0.15) is 0 Å². The zero-order valence-corrected chi connectivity index (χ0v) is 17.9. The van der Waals surface area contributed by atoms with E-state index >= 15 is 4.57 Å². The van der Waals surface area contributed by atoms with Crippen molar-refractivity contribution in [3.63, 3.8) is 0 Å². The molecule has 3 heteroatoms.